The third-order valence-electron chi connectivity index (χ3n) is 5.41. The van der Waals surface area contributed by atoms with Gasteiger partial charge in [0.2, 0.25) is 0 Å². The van der Waals surface area contributed by atoms with Crippen molar-refractivity contribution in [3.63, 3.8) is 0 Å². The summed E-state index contributed by atoms with van der Waals surface area (Å²) in [4.78, 5) is 37.4. The standard InChI is InChI=1S/C27H23NO4/c1-16-12-17(2)25(18(3)13-16)28-24(29)15-32-20-10-8-19(9-11-20)14-23-26(30)21-6-4-5-7-22(21)27(23)31/h4-14H,15H2,1-3H3,(H,28,29). The molecule has 0 aliphatic heterocycles. The summed E-state index contributed by atoms with van der Waals surface area (Å²) in [6.07, 6.45) is 1.59. The second-order valence-corrected chi connectivity index (χ2v) is 7.94. The van der Waals surface area contributed by atoms with Gasteiger partial charge >= 0.3 is 0 Å². The number of ketones is 2. The van der Waals surface area contributed by atoms with E-state index in [0.717, 1.165) is 22.4 Å². The molecule has 5 heteroatoms. The van der Waals surface area contributed by atoms with Crippen molar-refractivity contribution in [3.8, 4) is 5.75 Å². The first-order valence-electron chi connectivity index (χ1n) is 10.3. The average molecular weight is 425 g/mol. The predicted molar refractivity (Wildman–Crippen MR) is 124 cm³/mol. The number of aryl methyl sites for hydroxylation is 3. The summed E-state index contributed by atoms with van der Waals surface area (Å²) in [7, 11) is 0. The molecular formula is C27H23NO4. The number of benzene rings is 3. The largest absolute Gasteiger partial charge is 0.484 e. The lowest BCUT2D eigenvalue weighted by molar-refractivity contribution is -0.118. The van der Waals surface area contributed by atoms with Crippen molar-refractivity contribution >= 4 is 29.2 Å². The molecule has 32 heavy (non-hydrogen) atoms. The van der Waals surface area contributed by atoms with Crippen LogP contribution in [-0.4, -0.2) is 24.1 Å². The maximum absolute atomic E-state index is 12.5. The Kier molecular flexibility index (Phi) is 5.73. The van der Waals surface area contributed by atoms with Crippen LogP contribution in [0.1, 0.15) is 43.0 Å². The van der Waals surface area contributed by atoms with Gasteiger partial charge in [-0.25, -0.2) is 0 Å². The fourth-order valence-electron chi connectivity index (χ4n) is 3.93. The summed E-state index contributed by atoms with van der Waals surface area (Å²) in [5, 5.41) is 2.91. The van der Waals surface area contributed by atoms with E-state index in [4.69, 9.17) is 4.74 Å². The molecule has 0 bridgehead atoms. The van der Waals surface area contributed by atoms with Crippen LogP contribution in [0, 0.1) is 20.8 Å². The van der Waals surface area contributed by atoms with Gasteiger partial charge < -0.3 is 10.1 Å². The van der Waals surface area contributed by atoms with Gasteiger partial charge in [-0.1, -0.05) is 54.1 Å². The van der Waals surface area contributed by atoms with Gasteiger partial charge in [-0.05, 0) is 55.7 Å². The Morgan fingerprint density at radius 1 is 0.875 bits per heavy atom. The van der Waals surface area contributed by atoms with Crippen molar-refractivity contribution in [1.29, 1.82) is 0 Å². The fraction of sp³-hybridized carbons (Fsp3) is 0.148. The number of fused-ring (bicyclic) bond motifs is 1. The van der Waals surface area contributed by atoms with Crippen molar-refractivity contribution in [3.05, 3.63) is 99.6 Å². The van der Waals surface area contributed by atoms with Gasteiger partial charge in [-0.3, -0.25) is 14.4 Å². The molecule has 3 aromatic carbocycles. The van der Waals surface area contributed by atoms with E-state index in [2.05, 4.69) is 5.32 Å². The molecule has 0 fully saturated rings. The summed E-state index contributed by atoms with van der Waals surface area (Å²) in [5.41, 5.74) is 5.70. The first-order valence-corrected chi connectivity index (χ1v) is 10.3. The lowest BCUT2D eigenvalue weighted by Gasteiger charge is -2.13. The molecule has 1 aliphatic rings. The lowest BCUT2D eigenvalue weighted by Crippen LogP contribution is -2.21. The summed E-state index contributed by atoms with van der Waals surface area (Å²) < 4.78 is 5.59. The number of hydrogen-bond donors (Lipinski definition) is 1. The van der Waals surface area contributed by atoms with E-state index in [1.165, 1.54) is 0 Å². The number of amides is 1. The maximum Gasteiger partial charge on any atom is 0.262 e. The van der Waals surface area contributed by atoms with Crippen molar-refractivity contribution in [2.45, 2.75) is 20.8 Å². The highest BCUT2D eigenvalue weighted by atomic mass is 16.5. The van der Waals surface area contributed by atoms with Crippen LogP contribution in [-0.2, 0) is 4.79 Å². The molecule has 0 saturated carbocycles. The Balaban J connectivity index is 1.40. The van der Waals surface area contributed by atoms with Crippen LogP contribution in [0.2, 0.25) is 0 Å². The second kappa shape index (κ2) is 8.63. The highest BCUT2D eigenvalue weighted by molar-refractivity contribution is 6.41. The molecule has 0 spiro atoms. The van der Waals surface area contributed by atoms with Crippen molar-refractivity contribution in [1.82, 2.24) is 0 Å². The van der Waals surface area contributed by atoms with Crippen molar-refractivity contribution in [2.24, 2.45) is 0 Å². The lowest BCUT2D eigenvalue weighted by atomic mass is 10.1. The fourth-order valence-corrected chi connectivity index (χ4v) is 3.93. The van der Waals surface area contributed by atoms with Crippen LogP contribution in [0.15, 0.2) is 66.2 Å². The minimum atomic E-state index is -0.260. The van der Waals surface area contributed by atoms with Crippen LogP contribution in [0.25, 0.3) is 6.08 Å². The molecule has 0 radical (unpaired) electrons. The topological polar surface area (TPSA) is 72.5 Å². The molecule has 0 saturated heterocycles. The third kappa shape index (κ3) is 4.23. The normalized spacial score (nSPS) is 12.5. The minimum Gasteiger partial charge on any atom is -0.484 e. The van der Waals surface area contributed by atoms with Crippen LogP contribution in [0.5, 0.6) is 5.75 Å². The van der Waals surface area contributed by atoms with E-state index >= 15 is 0 Å². The highest BCUT2D eigenvalue weighted by Crippen LogP contribution is 2.28. The molecule has 1 N–H and O–H groups in total. The number of hydrogen-bond acceptors (Lipinski definition) is 4. The van der Waals surface area contributed by atoms with Gasteiger partial charge in [0.15, 0.2) is 18.2 Å². The van der Waals surface area contributed by atoms with E-state index < -0.39 is 0 Å². The predicted octanol–water partition coefficient (Wildman–Crippen LogP) is 5.09. The molecule has 1 aliphatic carbocycles. The van der Waals surface area contributed by atoms with Gasteiger partial charge in [-0.2, -0.15) is 0 Å². The first kappa shape index (κ1) is 21.2. The number of ether oxygens (including phenoxy) is 1. The molecule has 3 aromatic rings. The number of carbonyl (C=O) groups excluding carboxylic acids is 3. The number of carbonyl (C=O) groups is 3. The number of Topliss-reactive ketones (excluding diaryl/α,β-unsaturated/α-hetero) is 2. The Morgan fingerprint density at radius 2 is 1.44 bits per heavy atom. The zero-order valence-corrected chi connectivity index (χ0v) is 18.2. The van der Waals surface area contributed by atoms with Gasteiger partial charge in [0.05, 0.1) is 5.57 Å². The highest BCUT2D eigenvalue weighted by Gasteiger charge is 2.32. The molecule has 0 aromatic heterocycles. The maximum atomic E-state index is 12.5. The zero-order valence-electron chi connectivity index (χ0n) is 18.2. The number of rotatable bonds is 5. The van der Waals surface area contributed by atoms with Crippen LogP contribution >= 0.6 is 0 Å². The average Bonchev–Trinajstić information content (AvgIpc) is 3.01. The monoisotopic (exact) mass is 425 g/mol. The molecule has 160 valence electrons. The molecule has 0 heterocycles. The summed E-state index contributed by atoms with van der Waals surface area (Å²) >= 11 is 0. The van der Waals surface area contributed by atoms with E-state index in [-0.39, 0.29) is 29.7 Å². The second-order valence-electron chi connectivity index (χ2n) is 7.94. The number of allylic oxidation sites excluding steroid dienone is 1. The smallest absolute Gasteiger partial charge is 0.262 e. The molecule has 0 atom stereocenters. The number of nitrogens with one attached hydrogen (secondary N) is 1. The van der Waals surface area contributed by atoms with Crippen LogP contribution in [0.3, 0.4) is 0 Å². The zero-order chi connectivity index (χ0) is 22.8. The molecule has 1 amide bonds. The van der Waals surface area contributed by atoms with Gasteiger partial charge in [-0.15, -0.1) is 0 Å². The third-order valence-corrected chi connectivity index (χ3v) is 5.41. The molecular weight excluding hydrogens is 402 g/mol. The molecule has 5 nitrogen and oxygen atoms in total. The van der Waals surface area contributed by atoms with Gasteiger partial charge in [0, 0.05) is 16.8 Å². The summed E-state index contributed by atoms with van der Waals surface area (Å²) in [6, 6.07) is 17.8. The Labute approximate surface area is 186 Å². The Hall–Kier alpha value is -3.99. The Morgan fingerprint density at radius 3 is 2.00 bits per heavy atom. The van der Waals surface area contributed by atoms with E-state index in [1.807, 2.05) is 32.9 Å². The summed E-state index contributed by atoms with van der Waals surface area (Å²) in [5.74, 6) is -0.244. The molecule has 0 unspecified atom stereocenters. The quantitative estimate of drug-likeness (QED) is 0.456. The SMILES string of the molecule is Cc1cc(C)c(NC(=O)COc2ccc(C=C3C(=O)c4ccccc4C3=O)cc2)c(C)c1. The Bertz CT molecular complexity index is 1210. The van der Waals surface area contributed by atoms with Gasteiger partial charge in [0.25, 0.3) is 5.91 Å². The molecule has 4 rings (SSSR count). The minimum absolute atomic E-state index is 0.126. The summed E-state index contributed by atoms with van der Waals surface area (Å²) in [6.45, 7) is 5.81. The first-order chi connectivity index (χ1) is 15.3. The van der Waals surface area contributed by atoms with E-state index in [9.17, 15) is 14.4 Å². The van der Waals surface area contributed by atoms with Crippen LogP contribution in [0.4, 0.5) is 5.69 Å². The van der Waals surface area contributed by atoms with Gasteiger partial charge in [0.1, 0.15) is 5.75 Å². The van der Waals surface area contributed by atoms with E-state index in [1.54, 1.807) is 54.6 Å². The number of anilines is 1. The van der Waals surface area contributed by atoms with Crippen molar-refractivity contribution < 1.29 is 19.1 Å². The van der Waals surface area contributed by atoms with E-state index in [0.29, 0.717) is 22.4 Å². The van der Waals surface area contributed by atoms with Crippen LogP contribution < -0.4 is 10.1 Å². The van der Waals surface area contributed by atoms with Crippen molar-refractivity contribution in [2.75, 3.05) is 11.9 Å².